The largest absolute Gasteiger partial charge is 0.445 e. The van der Waals surface area contributed by atoms with Gasteiger partial charge >= 0.3 is 18.0 Å². The van der Waals surface area contributed by atoms with Gasteiger partial charge in [-0.3, -0.25) is 4.90 Å². The second-order valence-electron chi connectivity index (χ2n) is 9.00. The summed E-state index contributed by atoms with van der Waals surface area (Å²) in [6.07, 6.45) is 3.80. The van der Waals surface area contributed by atoms with Gasteiger partial charge in [-0.2, -0.15) is 0 Å². The van der Waals surface area contributed by atoms with Crippen LogP contribution in [0, 0.1) is 11.8 Å². The zero-order chi connectivity index (χ0) is 23.2. The van der Waals surface area contributed by atoms with Gasteiger partial charge in [-0.1, -0.05) is 67.1 Å². The first-order chi connectivity index (χ1) is 16.0. The number of benzene rings is 2. The van der Waals surface area contributed by atoms with Crippen LogP contribution >= 0.6 is 0 Å². The minimum Gasteiger partial charge on any atom is -0.445 e. The van der Waals surface area contributed by atoms with Crippen molar-refractivity contribution >= 4 is 18.0 Å². The van der Waals surface area contributed by atoms with Crippen LogP contribution in [0.15, 0.2) is 60.7 Å². The molecule has 2 aliphatic rings. The van der Waals surface area contributed by atoms with Gasteiger partial charge in [-0.25, -0.2) is 14.4 Å². The molecule has 4 rings (SSSR count). The summed E-state index contributed by atoms with van der Waals surface area (Å²) in [7, 11) is 0. The molecule has 2 fully saturated rings. The molecule has 0 aliphatic heterocycles. The fraction of sp³-hybridized carbons (Fsp3) is 0.423. The van der Waals surface area contributed by atoms with Gasteiger partial charge in [-0.15, -0.1) is 0 Å². The first-order valence-electron chi connectivity index (χ1n) is 11.5. The lowest BCUT2D eigenvalue weighted by atomic mass is 9.94. The predicted octanol–water partition coefficient (Wildman–Crippen LogP) is 3.45. The Kier molecular flexibility index (Phi) is 7.40. The molecule has 2 saturated carbocycles. The molecule has 7 nitrogen and oxygen atoms in total. The molecule has 174 valence electrons. The molecule has 2 aromatic rings. The lowest BCUT2D eigenvalue weighted by molar-refractivity contribution is -0.161. The van der Waals surface area contributed by atoms with Gasteiger partial charge < -0.3 is 15.2 Å². The molecule has 4 atom stereocenters. The Hall–Kier alpha value is -3.19. The molecule has 0 spiro atoms. The first kappa shape index (κ1) is 23.0. The molecule has 0 saturated heterocycles. The molecule has 0 aromatic heterocycles. The summed E-state index contributed by atoms with van der Waals surface area (Å²) in [4.78, 5) is 39.4. The van der Waals surface area contributed by atoms with Crippen LogP contribution in [-0.4, -0.2) is 41.6 Å². The van der Waals surface area contributed by atoms with Crippen LogP contribution in [0.3, 0.4) is 0 Å². The standard InChI is InChI=1S/C26H30N2O5/c27-22(14-18-7-3-1-4-8-18)25(30)33-24(29)16-28(23-15-20-11-12-21(23)13-20)26(31)32-17-19-9-5-2-6-10-19/h1-10,20-23H,11-17,27H2/t20?,21?,22-,23?/m0/s1. The molecular formula is C26H30N2O5. The van der Waals surface area contributed by atoms with Crippen molar-refractivity contribution in [1.29, 1.82) is 0 Å². The van der Waals surface area contributed by atoms with E-state index in [2.05, 4.69) is 0 Å². The maximum Gasteiger partial charge on any atom is 0.410 e. The quantitative estimate of drug-likeness (QED) is 0.489. The number of rotatable bonds is 8. The second-order valence-corrected chi connectivity index (χ2v) is 9.00. The van der Waals surface area contributed by atoms with Crippen molar-refractivity contribution in [1.82, 2.24) is 4.90 Å². The van der Waals surface area contributed by atoms with Gasteiger partial charge in [0.2, 0.25) is 0 Å². The summed E-state index contributed by atoms with van der Waals surface area (Å²) >= 11 is 0. The van der Waals surface area contributed by atoms with E-state index in [1.165, 1.54) is 4.90 Å². The Morgan fingerprint density at radius 3 is 2.21 bits per heavy atom. The number of carbonyl (C=O) groups is 3. The fourth-order valence-electron chi connectivity index (χ4n) is 5.02. The zero-order valence-electron chi connectivity index (χ0n) is 18.6. The van der Waals surface area contributed by atoms with Crippen LogP contribution in [0.5, 0.6) is 0 Å². The van der Waals surface area contributed by atoms with Crippen LogP contribution < -0.4 is 5.73 Å². The van der Waals surface area contributed by atoms with Crippen molar-refractivity contribution in [2.45, 2.75) is 50.8 Å². The summed E-state index contributed by atoms with van der Waals surface area (Å²) in [5.41, 5.74) is 7.68. The molecule has 1 amide bonds. The monoisotopic (exact) mass is 450 g/mol. The lowest BCUT2D eigenvalue weighted by Crippen LogP contribution is -2.47. The van der Waals surface area contributed by atoms with Gasteiger partial charge in [-0.05, 0) is 48.6 Å². The maximum atomic E-state index is 13.0. The number of nitrogens with two attached hydrogens (primary N) is 1. The van der Waals surface area contributed by atoms with E-state index in [0.717, 1.165) is 36.8 Å². The minimum absolute atomic E-state index is 0.0762. The molecule has 2 N–H and O–H groups in total. The number of amides is 1. The van der Waals surface area contributed by atoms with E-state index < -0.39 is 24.1 Å². The van der Waals surface area contributed by atoms with Gasteiger partial charge in [0.1, 0.15) is 19.2 Å². The summed E-state index contributed by atoms with van der Waals surface area (Å²) in [6.45, 7) is -0.210. The highest BCUT2D eigenvalue weighted by molar-refractivity contribution is 5.90. The third-order valence-electron chi connectivity index (χ3n) is 6.66. The van der Waals surface area contributed by atoms with Crippen molar-refractivity contribution in [2.24, 2.45) is 17.6 Å². The smallest absolute Gasteiger partial charge is 0.410 e. The predicted molar refractivity (Wildman–Crippen MR) is 122 cm³/mol. The van der Waals surface area contributed by atoms with Crippen molar-refractivity contribution in [3.63, 3.8) is 0 Å². The number of ether oxygens (including phenoxy) is 2. The Morgan fingerprint density at radius 2 is 1.61 bits per heavy atom. The average Bonchev–Trinajstić information content (AvgIpc) is 3.46. The highest BCUT2D eigenvalue weighted by atomic mass is 16.6. The molecule has 0 radical (unpaired) electrons. The maximum absolute atomic E-state index is 13.0. The van der Waals surface area contributed by atoms with E-state index in [1.54, 1.807) is 0 Å². The summed E-state index contributed by atoms with van der Waals surface area (Å²) in [5.74, 6) is -0.665. The topological polar surface area (TPSA) is 98.9 Å². The van der Waals surface area contributed by atoms with E-state index in [1.807, 2.05) is 60.7 Å². The van der Waals surface area contributed by atoms with E-state index in [0.29, 0.717) is 11.8 Å². The zero-order valence-corrected chi connectivity index (χ0v) is 18.6. The average molecular weight is 451 g/mol. The Bertz CT molecular complexity index is 965. The molecule has 2 bridgehead atoms. The van der Waals surface area contributed by atoms with E-state index in [-0.39, 0.29) is 25.6 Å². The normalized spacial score (nSPS) is 21.9. The van der Waals surface area contributed by atoms with Gasteiger partial charge in [0.15, 0.2) is 0 Å². The van der Waals surface area contributed by atoms with Gasteiger partial charge in [0.25, 0.3) is 0 Å². The Labute approximate surface area is 193 Å². The number of esters is 2. The SMILES string of the molecule is N[C@@H](Cc1ccccc1)C(=O)OC(=O)CN(C(=O)OCc1ccccc1)C1CC2CCC1C2. The van der Waals surface area contributed by atoms with Crippen molar-refractivity contribution in [2.75, 3.05) is 6.54 Å². The Balaban J connectivity index is 1.36. The molecule has 33 heavy (non-hydrogen) atoms. The second kappa shape index (κ2) is 10.6. The van der Waals surface area contributed by atoms with E-state index in [4.69, 9.17) is 15.2 Å². The number of hydrogen-bond donors (Lipinski definition) is 1. The first-order valence-corrected chi connectivity index (χ1v) is 11.5. The van der Waals surface area contributed by atoms with Gasteiger partial charge in [0, 0.05) is 6.04 Å². The molecule has 0 heterocycles. The molecule has 3 unspecified atom stereocenters. The summed E-state index contributed by atoms with van der Waals surface area (Å²) in [5, 5.41) is 0. The molecule has 2 aliphatic carbocycles. The van der Waals surface area contributed by atoms with E-state index >= 15 is 0 Å². The minimum atomic E-state index is -0.961. The van der Waals surface area contributed by atoms with Crippen LogP contribution in [0.4, 0.5) is 4.79 Å². The number of nitrogens with zero attached hydrogens (tertiary/aromatic N) is 1. The van der Waals surface area contributed by atoms with E-state index in [9.17, 15) is 14.4 Å². The highest BCUT2D eigenvalue weighted by Gasteiger charge is 2.45. The van der Waals surface area contributed by atoms with Crippen LogP contribution in [0.25, 0.3) is 0 Å². The Morgan fingerprint density at radius 1 is 0.939 bits per heavy atom. The van der Waals surface area contributed by atoms with Crippen molar-refractivity contribution in [3.8, 4) is 0 Å². The third-order valence-corrected chi connectivity index (χ3v) is 6.66. The highest BCUT2D eigenvalue weighted by Crippen LogP contribution is 2.46. The van der Waals surface area contributed by atoms with Crippen LogP contribution in [0.1, 0.15) is 36.8 Å². The lowest BCUT2D eigenvalue weighted by Gasteiger charge is -2.33. The molecular weight excluding hydrogens is 420 g/mol. The third kappa shape index (κ3) is 5.99. The van der Waals surface area contributed by atoms with Crippen LogP contribution in [-0.2, 0) is 32.1 Å². The van der Waals surface area contributed by atoms with Crippen molar-refractivity contribution < 1.29 is 23.9 Å². The number of carbonyl (C=O) groups excluding carboxylic acids is 3. The molecule has 2 aromatic carbocycles. The van der Waals surface area contributed by atoms with Crippen molar-refractivity contribution in [3.05, 3.63) is 71.8 Å². The fourth-order valence-corrected chi connectivity index (χ4v) is 5.02. The van der Waals surface area contributed by atoms with Crippen LogP contribution in [0.2, 0.25) is 0 Å². The molecule has 7 heteroatoms. The number of fused-ring (bicyclic) bond motifs is 2. The number of hydrogen-bond acceptors (Lipinski definition) is 6. The summed E-state index contributed by atoms with van der Waals surface area (Å²) in [6, 6.07) is 17.6. The van der Waals surface area contributed by atoms with Gasteiger partial charge in [0.05, 0.1) is 0 Å². The summed E-state index contributed by atoms with van der Waals surface area (Å²) < 4.78 is 10.5.